The number of aryl methyl sites for hydroxylation is 1. The Kier molecular flexibility index (Phi) is 6.18. The molecule has 0 spiro atoms. The highest BCUT2D eigenvalue weighted by molar-refractivity contribution is 6.09. The van der Waals surface area contributed by atoms with E-state index in [4.69, 9.17) is 9.72 Å². The topological polar surface area (TPSA) is 97.2 Å². The van der Waals surface area contributed by atoms with Crippen LogP contribution in [0.1, 0.15) is 41.6 Å². The fourth-order valence-electron chi connectivity index (χ4n) is 4.19. The van der Waals surface area contributed by atoms with Crippen LogP contribution in [0.25, 0.3) is 22.0 Å². The van der Waals surface area contributed by atoms with Gasteiger partial charge in [-0.05, 0) is 50.3 Å². The molecule has 1 amide bonds. The minimum absolute atomic E-state index is 0.0252. The van der Waals surface area contributed by atoms with Crippen molar-refractivity contribution < 1.29 is 14.6 Å². The monoisotopic (exact) mass is 454 g/mol. The van der Waals surface area contributed by atoms with E-state index in [0.29, 0.717) is 35.1 Å². The summed E-state index contributed by atoms with van der Waals surface area (Å²) in [4.78, 5) is 26.5. The molecular formula is C27H26N4O3. The molecule has 1 saturated carbocycles. The van der Waals surface area contributed by atoms with Gasteiger partial charge >= 0.3 is 6.01 Å². The number of benzene rings is 2. The van der Waals surface area contributed by atoms with Crippen LogP contribution in [-0.4, -0.2) is 38.2 Å². The third kappa shape index (κ3) is 4.75. The van der Waals surface area contributed by atoms with Gasteiger partial charge in [-0.2, -0.15) is 4.98 Å². The average Bonchev–Trinajstić information content (AvgIpc) is 2.87. The van der Waals surface area contributed by atoms with Crippen LogP contribution >= 0.6 is 0 Å². The second kappa shape index (κ2) is 9.57. The number of amides is 1. The summed E-state index contributed by atoms with van der Waals surface area (Å²) in [6.45, 7) is 2.04. The number of aliphatic hydroxyl groups excluding tert-OH is 1. The Balaban J connectivity index is 1.53. The van der Waals surface area contributed by atoms with Crippen LogP contribution in [0.5, 0.6) is 6.01 Å². The average molecular weight is 455 g/mol. The van der Waals surface area contributed by atoms with Crippen molar-refractivity contribution in [3.8, 4) is 17.1 Å². The standard InChI is InChI=1S/C27H26N4O3/c1-17-7-9-18(10-8-17)22-15-28-25(31-26(33)19-5-3-2-4-6-19)23-16-29-27(30-24(22)23)34-21-13-11-20(32)12-14-21/h2-10,15-16,20-21,32H,11-14H2,1H3,(H,28,31,33)/t20-,21-. The zero-order valence-corrected chi connectivity index (χ0v) is 18.9. The van der Waals surface area contributed by atoms with Crippen molar-refractivity contribution in [1.29, 1.82) is 0 Å². The van der Waals surface area contributed by atoms with Gasteiger partial charge in [0.15, 0.2) is 0 Å². The van der Waals surface area contributed by atoms with Crippen LogP contribution in [0.2, 0.25) is 0 Å². The van der Waals surface area contributed by atoms with Gasteiger partial charge in [0.25, 0.3) is 5.91 Å². The Morgan fingerprint density at radius 2 is 1.71 bits per heavy atom. The first-order chi connectivity index (χ1) is 16.6. The predicted molar refractivity (Wildman–Crippen MR) is 131 cm³/mol. The van der Waals surface area contributed by atoms with Crippen molar-refractivity contribution in [3.05, 3.63) is 78.1 Å². The van der Waals surface area contributed by atoms with Crippen LogP contribution in [0.4, 0.5) is 5.82 Å². The van der Waals surface area contributed by atoms with Gasteiger partial charge in [-0.25, -0.2) is 9.97 Å². The van der Waals surface area contributed by atoms with Crippen LogP contribution in [0, 0.1) is 6.92 Å². The molecule has 1 aliphatic carbocycles. The Morgan fingerprint density at radius 1 is 0.971 bits per heavy atom. The molecule has 172 valence electrons. The highest BCUT2D eigenvalue weighted by Crippen LogP contribution is 2.32. The van der Waals surface area contributed by atoms with Gasteiger partial charge < -0.3 is 15.2 Å². The third-order valence-electron chi connectivity index (χ3n) is 6.15. The van der Waals surface area contributed by atoms with E-state index in [1.165, 1.54) is 0 Å². The van der Waals surface area contributed by atoms with Gasteiger partial charge in [-0.15, -0.1) is 0 Å². The van der Waals surface area contributed by atoms with Gasteiger partial charge in [0.2, 0.25) is 0 Å². The Labute approximate surface area is 197 Å². The number of pyridine rings is 1. The molecule has 4 aromatic rings. The third-order valence-corrected chi connectivity index (χ3v) is 6.15. The maximum absolute atomic E-state index is 12.8. The maximum Gasteiger partial charge on any atom is 0.317 e. The molecule has 0 aliphatic heterocycles. The number of carbonyl (C=O) groups excluding carboxylic acids is 1. The number of rotatable bonds is 5. The lowest BCUT2D eigenvalue weighted by molar-refractivity contribution is 0.0620. The first-order valence-corrected chi connectivity index (χ1v) is 11.5. The van der Waals surface area contributed by atoms with Gasteiger partial charge in [-0.3, -0.25) is 4.79 Å². The first-order valence-electron chi connectivity index (χ1n) is 11.5. The van der Waals surface area contributed by atoms with Crippen LogP contribution in [0.3, 0.4) is 0 Å². The summed E-state index contributed by atoms with van der Waals surface area (Å²) in [5.41, 5.74) is 4.16. The lowest BCUT2D eigenvalue weighted by Crippen LogP contribution is -2.27. The minimum atomic E-state index is -0.257. The number of carbonyl (C=O) groups is 1. The van der Waals surface area contributed by atoms with E-state index in [-0.39, 0.29) is 24.1 Å². The molecular weight excluding hydrogens is 428 g/mol. The van der Waals surface area contributed by atoms with Gasteiger partial charge in [0, 0.05) is 23.5 Å². The first kappa shape index (κ1) is 22.0. The molecule has 5 rings (SSSR count). The Bertz CT molecular complexity index is 1300. The fraction of sp³-hybridized carbons (Fsp3) is 0.259. The van der Waals surface area contributed by atoms with E-state index in [9.17, 15) is 9.90 Å². The quantitative estimate of drug-likeness (QED) is 0.444. The van der Waals surface area contributed by atoms with Gasteiger partial charge in [-0.1, -0.05) is 48.0 Å². The number of nitrogens with one attached hydrogen (secondary N) is 1. The number of aliphatic hydroxyl groups is 1. The molecule has 2 aromatic carbocycles. The summed E-state index contributed by atoms with van der Waals surface area (Å²) in [6, 6.07) is 17.4. The molecule has 1 fully saturated rings. The molecule has 34 heavy (non-hydrogen) atoms. The number of aromatic nitrogens is 3. The summed E-state index contributed by atoms with van der Waals surface area (Å²) in [5, 5.41) is 13.3. The van der Waals surface area contributed by atoms with Crippen LogP contribution in [-0.2, 0) is 0 Å². The highest BCUT2D eigenvalue weighted by Gasteiger charge is 2.22. The number of nitrogens with zero attached hydrogens (tertiary/aromatic N) is 3. The normalized spacial score (nSPS) is 17.9. The van der Waals surface area contributed by atoms with Crippen molar-refractivity contribution in [2.24, 2.45) is 0 Å². The zero-order chi connectivity index (χ0) is 23.5. The van der Waals surface area contributed by atoms with E-state index in [0.717, 1.165) is 29.5 Å². The lowest BCUT2D eigenvalue weighted by Gasteiger charge is -2.25. The maximum atomic E-state index is 12.8. The molecule has 1 aliphatic rings. The van der Waals surface area contributed by atoms with Crippen molar-refractivity contribution in [2.75, 3.05) is 5.32 Å². The molecule has 2 N–H and O–H groups in total. The molecule has 0 atom stereocenters. The number of anilines is 1. The van der Waals surface area contributed by atoms with E-state index in [1.54, 1.807) is 24.5 Å². The summed E-state index contributed by atoms with van der Waals surface area (Å²) in [7, 11) is 0. The second-order valence-corrected chi connectivity index (χ2v) is 8.67. The Morgan fingerprint density at radius 3 is 2.44 bits per heavy atom. The number of hydrogen-bond acceptors (Lipinski definition) is 6. The summed E-state index contributed by atoms with van der Waals surface area (Å²) >= 11 is 0. The minimum Gasteiger partial charge on any atom is -0.460 e. The Hall–Kier alpha value is -3.84. The molecule has 0 bridgehead atoms. The molecule has 7 heteroatoms. The fourth-order valence-corrected chi connectivity index (χ4v) is 4.19. The number of fused-ring (bicyclic) bond motifs is 1. The summed E-state index contributed by atoms with van der Waals surface area (Å²) in [6.07, 6.45) is 6.06. The number of ether oxygens (including phenoxy) is 1. The van der Waals surface area contributed by atoms with Crippen molar-refractivity contribution in [3.63, 3.8) is 0 Å². The summed E-state index contributed by atoms with van der Waals surface area (Å²) < 4.78 is 6.07. The largest absolute Gasteiger partial charge is 0.460 e. The molecule has 0 radical (unpaired) electrons. The zero-order valence-electron chi connectivity index (χ0n) is 18.9. The smallest absolute Gasteiger partial charge is 0.317 e. The SMILES string of the molecule is Cc1ccc(-c2cnc(NC(=O)c3ccccc3)c3cnc(O[C@H]4CC[C@H](O)CC4)nc23)cc1. The van der Waals surface area contributed by atoms with Crippen molar-refractivity contribution >= 4 is 22.6 Å². The summed E-state index contributed by atoms with van der Waals surface area (Å²) in [5.74, 6) is 0.144. The molecule has 7 nitrogen and oxygen atoms in total. The van der Waals surface area contributed by atoms with Crippen molar-refractivity contribution in [1.82, 2.24) is 15.0 Å². The van der Waals surface area contributed by atoms with Crippen molar-refractivity contribution in [2.45, 2.75) is 44.8 Å². The highest BCUT2D eigenvalue weighted by atomic mass is 16.5. The molecule has 2 aromatic heterocycles. The molecule has 0 saturated heterocycles. The molecule has 0 unspecified atom stereocenters. The van der Waals surface area contributed by atoms with Crippen LogP contribution < -0.4 is 10.1 Å². The van der Waals surface area contributed by atoms with E-state index in [1.807, 2.05) is 49.4 Å². The second-order valence-electron chi connectivity index (χ2n) is 8.67. The lowest BCUT2D eigenvalue weighted by atomic mass is 9.95. The molecule has 2 heterocycles. The predicted octanol–water partition coefficient (Wildman–Crippen LogP) is 4.93. The van der Waals surface area contributed by atoms with E-state index < -0.39 is 0 Å². The van der Waals surface area contributed by atoms with Crippen LogP contribution in [0.15, 0.2) is 67.0 Å². The van der Waals surface area contributed by atoms with Gasteiger partial charge in [0.05, 0.1) is 17.0 Å². The van der Waals surface area contributed by atoms with E-state index in [2.05, 4.69) is 15.3 Å². The number of hydrogen-bond donors (Lipinski definition) is 2. The van der Waals surface area contributed by atoms with Gasteiger partial charge in [0.1, 0.15) is 11.9 Å². The van der Waals surface area contributed by atoms with E-state index >= 15 is 0 Å².